The van der Waals surface area contributed by atoms with Crippen LogP contribution in [0.2, 0.25) is 5.02 Å². The first-order chi connectivity index (χ1) is 9.84. The van der Waals surface area contributed by atoms with Crippen LogP contribution in [0.25, 0.3) is 0 Å². The van der Waals surface area contributed by atoms with Crippen molar-refractivity contribution in [2.24, 2.45) is 0 Å². The van der Waals surface area contributed by atoms with Crippen LogP contribution in [0.1, 0.15) is 32.2 Å². The Bertz CT molecular complexity index is 606. The monoisotopic (exact) mass is 367 g/mol. The highest BCUT2D eigenvalue weighted by Gasteiger charge is 2.18. The van der Waals surface area contributed by atoms with Gasteiger partial charge in [-0.2, -0.15) is 0 Å². The van der Waals surface area contributed by atoms with Crippen molar-refractivity contribution < 1.29 is 0 Å². The molecule has 0 spiro atoms. The Kier molecular flexibility index (Phi) is 5.22. The summed E-state index contributed by atoms with van der Waals surface area (Å²) in [6.45, 7) is 7.12. The highest BCUT2D eigenvalue weighted by atomic mass is 79.9. The maximum atomic E-state index is 5.88. The van der Waals surface area contributed by atoms with E-state index in [-0.39, 0.29) is 5.41 Å². The van der Waals surface area contributed by atoms with Crippen LogP contribution < -0.4 is 5.32 Å². The molecule has 21 heavy (non-hydrogen) atoms. The third-order valence-electron chi connectivity index (χ3n) is 3.00. The lowest BCUT2D eigenvalue weighted by Gasteiger charge is -2.18. The predicted molar refractivity (Wildman–Crippen MR) is 92.1 cm³/mol. The Morgan fingerprint density at radius 3 is 2.43 bits per heavy atom. The summed E-state index contributed by atoms with van der Waals surface area (Å²) in [6.07, 6.45) is 0.920. The van der Waals surface area contributed by atoms with Crippen LogP contribution in [0, 0.1) is 0 Å². The number of anilines is 1. The van der Waals surface area contributed by atoms with Gasteiger partial charge in [-0.1, -0.05) is 44.5 Å². The molecule has 112 valence electrons. The second kappa shape index (κ2) is 6.75. The van der Waals surface area contributed by atoms with Crippen LogP contribution in [0.15, 0.2) is 34.9 Å². The van der Waals surface area contributed by atoms with E-state index in [2.05, 4.69) is 52.0 Å². The maximum absolute atomic E-state index is 5.88. The molecule has 3 nitrogen and oxygen atoms in total. The summed E-state index contributed by atoms with van der Waals surface area (Å²) in [7, 11) is 0. The number of nitrogens with zero attached hydrogens (tertiary/aromatic N) is 2. The number of rotatable bonds is 4. The lowest BCUT2D eigenvalue weighted by Crippen LogP contribution is -2.18. The number of benzene rings is 1. The van der Waals surface area contributed by atoms with E-state index in [4.69, 9.17) is 11.6 Å². The molecule has 0 bridgehead atoms. The summed E-state index contributed by atoms with van der Waals surface area (Å²) in [5, 5.41) is 4.11. The number of hydrogen-bond acceptors (Lipinski definition) is 3. The third-order valence-corrected chi connectivity index (χ3v) is 3.66. The molecule has 0 unspecified atom stereocenters. The van der Waals surface area contributed by atoms with Gasteiger partial charge in [0.05, 0.1) is 0 Å². The lowest BCUT2D eigenvalue weighted by atomic mass is 9.96. The first kappa shape index (κ1) is 16.2. The molecule has 1 aromatic heterocycles. The molecule has 2 aromatic rings. The highest BCUT2D eigenvalue weighted by molar-refractivity contribution is 9.10. The second-order valence-corrected chi connectivity index (χ2v) is 7.20. The molecule has 2 rings (SSSR count). The standard InChI is InChI=1S/C16H19BrClN3/c1-16(2,3)15-20-13(17)10-14(21-15)19-9-8-11-4-6-12(18)7-5-11/h4-7,10H,8-9H2,1-3H3,(H,19,20,21). The molecule has 0 fully saturated rings. The minimum atomic E-state index is -0.0730. The largest absolute Gasteiger partial charge is 0.370 e. The van der Waals surface area contributed by atoms with Gasteiger partial charge in [0.1, 0.15) is 16.2 Å². The Balaban J connectivity index is 2.00. The first-order valence-electron chi connectivity index (χ1n) is 6.88. The van der Waals surface area contributed by atoms with Gasteiger partial charge in [0, 0.05) is 23.0 Å². The molecule has 0 radical (unpaired) electrons. The van der Waals surface area contributed by atoms with Crippen molar-refractivity contribution in [3.63, 3.8) is 0 Å². The zero-order chi connectivity index (χ0) is 15.5. The number of aromatic nitrogens is 2. The second-order valence-electron chi connectivity index (χ2n) is 5.95. The molecule has 0 saturated carbocycles. The quantitative estimate of drug-likeness (QED) is 0.784. The van der Waals surface area contributed by atoms with E-state index in [1.54, 1.807) is 0 Å². The predicted octanol–water partition coefficient (Wildman–Crippen LogP) is 4.84. The van der Waals surface area contributed by atoms with E-state index in [1.807, 2.05) is 30.3 Å². The summed E-state index contributed by atoms with van der Waals surface area (Å²) < 4.78 is 0.802. The summed E-state index contributed by atoms with van der Waals surface area (Å²) in [6, 6.07) is 9.81. The average Bonchev–Trinajstić information content (AvgIpc) is 2.39. The van der Waals surface area contributed by atoms with E-state index in [9.17, 15) is 0 Å². The summed E-state index contributed by atoms with van der Waals surface area (Å²) in [5.41, 5.74) is 1.17. The minimum Gasteiger partial charge on any atom is -0.370 e. The summed E-state index contributed by atoms with van der Waals surface area (Å²) in [4.78, 5) is 9.01. The van der Waals surface area contributed by atoms with Crippen molar-refractivity contribution in [1.29, 1.82) is 0 Å². The first-order valence-corrected chi connectivity index (χ1v) is 8.05. The fourth-order valence-corrected chi connectivity index (χ4v) is 2.34. The summed E-state index contributed by atoms with van der Waals surface area (Å²) in [5.74, 6) is 1.67. The van der Waals surface area contributed by atoms with Crippen LogP contribution in [-0.2, 0) is 11.8 Å². The van der Waals surface area contributed by atoms with Crippen LogP contribution in [0.3, 0.4) is 0 Å². The molecule has 0 amide bonds. The molecule has 0 aliphatic carbocycles. The minimum absolute atomic E-state index is 0.0730. The van der Waals surface area contributed by atoms with Crippen molar-refractivity contribution in [1.82, 2.24) is 9.97 Å². The van der Waals surface area contributed by atoms with Gasteiger partial charge >= 0.3 is 0 Å². The van der Waals surface area contributed by atoms with Gasteiger partial charge in [0.15, 0.2) is 0 Å². The topological polar surface area (TPSA) is 37.8 Å². The molecule has 1 heterocycles. The van der Waals surface area contributed by atoms with E-state index in [0.717, 1.165) is 34.2 Å². The van der Waals surface area contributed by atoms with Crippen LogP contribution in [-0.4, -0.2) is 16.5 Å². The van der Waals surface area contributed by atoms with Crippen molar-refractivity contribution in [3.05, 3.63) is 51.3 Å². The van der Waals surface area contributed by atoms with E-state index >= 15 is 0 Å². The van der Waals surface area contributed by atoms with Crippen LogP contribution in [0.5, 0.6) is 0 Å². The van der Waals surface area contributed by atoms with Crippen molar-refractivity contribution >= 4 is 33.3 Å². The van der Waals surface area contributed by atoms with Crippen molar-refractivity contribution in [2.75, 3.05) is 11.9 Å². The number of nitrogens with one attached hydrogen (secondary N) is 1. The van der Waals surface area contributed by atoms with Gasteiger partial charge in [-0.3, -0.25) is 0 Å². The number of hydrogen-bond donors (Lipinski definition) is 1. The zero-order valence-corrected chi connectivity index (χ0v) is 14.8. The molecule has 0 atom stereocenters. The van der Waals surface area contributed by atoms with Gasteiger partial charge in [-0.15, -0.1) is 0 Å². The lowest BCUT2D eigenvalue weighted by molar-refractivity contribution is 0.544. The smallest absolute Gasteiger partial charge is 0.137 e. The van der Waals surface area contributed by atoms with Gasteiger partial charge in [-0.05, 0) is 40.0 Å². The Hall–Kier alpha value is -1.13. The van der Waals surface area contributed by atoms with E-state index < -0.39 is 0 Å². The SMILES string of the molecule is CC(C)(C)c1nc(Br)cc(NCCc2ccc(Cl)cc2)n1. The molecule has 5 heteroatoms. The van der Waals surface area contributed by atoms with Gasteiger partial charge < -0.3 is 5.32 Å². The molecule has 0 aliphatic rings. The molecule has 1 aromatic carbocycles. The maximum Gasteiger partial charge on any atom is 0.137 e. The Morgan fingerprint density at radius 1 is 1.14 bits per heavy atom. The van der Waals surface area contributed by atoms with Gasteiger partial charge in [0.25, 0.3) is 0 Å². The molecule has 0 saturated heterocycles. The third kappa shape index (κ3) is 4.97. The fraction of sp³-hybridized carbons (Fsp3) is 0.375. The van der Waals surface area contributed by atoms with E-state index in [1.165, 1.54) is 5.56 Å². The molecule has 1 N–H and O–H groups in total. The fourth-order valence-electron chi connectivity index (χ4n) is 1.83. The zero-order valence-electron chi connectivity index (χ0n) is 12.5. The Morgan fingerprint density at radius 2 is 1.81 bits per heavy atom. The van der Waals surface area contributed by atoms with Crippen molar-refractivity contribution in [2.45, 2.75) is 32.6 Å². The van der Waals surface area contributed by atoms with Gasteiger partial charge in [-0.25, -0.2) is 9.97 Å². The normalized spacial score (nSPS) is 11.5. The molecule has 0 aliphatic heterocycles. The van der Waals surface area contributed by atoms with Crippen LogP contribution in [0.4, 0.5) is 5.82 Å². The average molecular weight is 369 g/mol. The number of halogens is 2. The van der Waals surface area contributed by atoms with Crippen molar-refractivity contribution in [3.8, 4) is 0 Å². The Labute approximate surface area is 139 Å². The summed E-state index contributed by atoms with van der Waals surface area (Å²) >= 11 is 9.33. The highest BCUT2D eigenvalue weighted by Crippen LogP contribution is 2.22. The van der Waals surface area contributed by atoms with E-state index in [0.29, 0.717) is 0 Å². The molecular formula is C16H19BrClN3. The van der Waals surface area contributed by atoms with Crippen LogP contribution >= 0.6 is 27.5 Å². The molecular weight excluding hydrogens is 350 g/mol. The van der Waals surface area contributed by atoms with Gasteiger partial charge in [0.2, 0.25) is 0 Å².